The molecule has 2 heterocycles. The molecule has 1 amide bonds. The summed E-state index contributed by atoms with van der Waals surface area (Å²) in [7, 11) is 0. The van der Waals surface area contributed by atoms with Crippen LogP contribution in [0.5, 0.6) is 0 Å². The maximum absolute atomic E-state index is 12.0. The second-order valence-corrected chi connectivity index (χ2v) is 7.28. The number of ether oxygens (including phenoxy) is 1. The van der Waals surface area contributed by atoms with Gasteiger partial charge in [-0.15, -0.1) is 0 Å². The fourth-order valence-electron chi connectivity index (χ4n) is 3.12. The van der Waals surface area contributed by atoms with Crippen molar-refractivity contribution in [1.82, 2.24) is 14.9 Å². The molecule has 1 aliphatic rings. The van der Waals surface area contributed by atoms with E-state index in [0.29, 0.717) is 29.8 Å². The van der Waals surface area contributed by atoms with Crippen LogP contribution in [0.2, 0.25) is 10.0 Å². The molecule has 1 aliphatic heterocycles. The average Bonchev–Trinajstić information content (AvgIpc) is 2.92. The van der Waals surface area contributed by atoms with Gasteiger partial charge in [0, 0.05) is 35.1 Å². The third-order valence-electron chi connectivity index (χ3n) is 4.48. The third-order valence-corrected chi connectivity index (χ3v) is 5.04. The second kappa shape index (κ2) is 8.89. The molecule has 0 unspecified atom stereocenters. The minimum absolute atomic E-state index is 0.139. The van der Waals surface area contributed by atoms with Gasteiger partial charge in [-0.25, -0.2) is 5.43 Å². The van der Waals surface area contributed by atoms with E-state index in [-0.39, 0.29) is 5.91 Å². The molecule has 1 N–H and O–H groups in total. The Kier molecular flexibility index (Phi) is 6.55. The number of carbonyl (C=O) groups is 1. The number of hydrogen-bond donors (Lipinski definition) is 1. The molecular weight excluding hydrogens is 387 g/mol. The standard InChI is InChI=1S/C19H22Cl2N4O2/c1-13-9-15(11-22-23-19(26)12-24-5-7-27-8-6-24)14(2)25(13)18-10-16(20)3-4-17(18)21/h3-4,9-11H,5-8,12H2,1-2H3,(H,23,26)/b22-11+. The van der Waals surface area contributed by atoms with Crippen LogP contribution in [-0.4, -0.2) is 54.4 Å². The molecule has 0 aliphatic carbocycles. The van der Waals surface area contributed by atoms with Crippen LogP contribution in [0.4, 0.5) is 0 Å². The highest BCUT2D eigenvalue weighted by atomic mass is 35.5. The molecule has 1 saturated heterocycles. The van der Waals surface area contributed by atoms with Gasteiger partial charge >= 0.3 is 0 Å². The summed E-state index contributed by atoms with van der Waals surface area (Å²) in [6.07, 6.45) is 1.65. The molecule has 3 rings (SSSR count). The first-order valence-corrected chi connectivity index (χ1v) is 9.47. The number of halogens is 2. The van der Waals surface area contributed by atoms with Crippen molar-refractivity contribution in [3.8, 4) is 5.69 Å². The van der Waals surface area contributed by atoms with Crippen LogP contribution in [0.25, 0.3) is 5.69 Å². The lowest BCUT2D eigenvalue weighted by Gasteiger charge is -2.25. The van der Waals surface area contributed by atoms with Crippen LogP contribution < -0.4 is 5.43 Å². The zero-order valence-corrected chi connectivity index (χ0v) is 16.8. The van der Waals surface area contributed by atoms with E-state index < -0.39 is 0 Å². The quantitative estimate of drug-likeness (QED) is 0.610. The summed E-state index contributed by atoms with van der Waals surface area (Å²) in [6.45, 7) is 7.12. The first-order chi connectivity index (χ1) is 13.0. The van der Waals surface area contributed by atoms with Gasteiger partial charge in [-0.05, 0) is 38.1 Å². The van der Waals surface area contributed by atoms with Crippen molar-refractivity contribution in [2.24, 2.45) is 5.10 Å². The van der Waals surface area contributed by atoms with Crippen LogP contribution in [0.1, 0.15) is 17.0 Å². The number of hydrazone groups is 1. The van der Waals surface area contributed by atoms with E-state index in [9.17, 15) is 4.79 Å². The maximum atomic E-state index is 12.0. The highest BCUT2D eigenvalue weighted by Gasteiger charge is 2.14. The predicted octanol–water partition coefficient (Wildman–Crippen LogP) is 3.18. The topological polar surface area (TPSA) is 58.9 Å². The van der Waals surface area contributed by atoms with E-state index in [1.165, 1.54) is 0 Å². The molecule has 0 radical (unpaired) electrons. The van der Waals surface area contributed by atoms with E-state index in [1.54, 1.807) is 18.3 Å². The molecule has 2 aromatic rings. The fourth-order valence-corrected chi connectivity index (χ4v) is 3.49. The minimum atomic E-state index is -0.139. The van der Waals surface area contributed by atoms with E-state index >= 15 is 0 Å². The van der Waals surface area contributed by atoms with Crippen LogP contribution in [0, 0.1) is 13.8 Å². The van der Waals surface area contributed by atoms with Crippen LogP contribution in [-0.2, 0) is 9.53 Å². The number of hydrogen-bond acceptors (Lipinski definition) is 4. The average molecular weight is 409 g/mol. The number of nitrogens with zero attached hydrogens (tertiary/aromatic N) is 3. The minimum Gasteiger partial charge on any atom is -0.379 e. The van der Waals surface area contributed by atoms with Crippen molar-refractivity contribution in [2.75, 3.05) is 32.8 Å². The molecule has 6 nitrogen and oxygen atoms in total. The first-order valence-electron chi connectivity index (χ1n) is 8.72. The molecule has 144 valence electrons. The molecule has 1 aromatic carbocycles. The number of benzene rings is 1. The Morgan fingerprint density at radius 3 is 2.74 bits per heavy atom. The third kappa shape index (κ3) is 4.90. The Morgan fingerprint density at radius 2 is 2.00 bits per heavy atom. The van der Waals surface area contributed by atoms with Crippen LogP contribution in [0.3, 0.4) is 0 Å². The number of morpholine rings is 1. The molecule has 0 bridgehead atoms. The molecule has 0 saturated carbocycles. The van der Waals surface area contributed by atoms with E-state index in [4.69, 9.17) is 27.9 Å². The van der Waals surface area contributed by atoms with E-state index in [2.05, 4.69) is 10.5 Å². The molecule has 1 fully saturated rings. The summed E-state index contributed by atoms with van der Waals surface area (Å²) in [5.41, 5.74) is 6.26. The van der Waals surface area contributed by atoms with Crippen molar-refractivity contribution in [1.29, 1.82) is 0 Å². The second-order valence-electron chi connectivity index (χ2n) is 6.44. The summed E-state index contributed by atoms with van der Waals surface area (Å²) >= 11 is 12.5. The molecule has 1 aromatic heterocycles. The zero-order valence-electron chi connectivity index (χ0n) is 15.3. The maximum Gasteiger partial charge on any atom is 0.254 e. The highest BCUT2D eigenvalue weighted by molar-refractivity contribution is 6.34. The summed E-state index contributed by atoms with van der Waals surface area (Å²) in [6, 6.07) is 7.35. The van der Waals surface area contributed by atoms with Crippen molar-refractivity contribution in [3.63, 3.8) is 0 Å². The number of rotatable bonds is 5. The van der Waals surface area contributed by atoms with Crippen molar-refractivity contribution in [2.45, 2.75) is 13.8 Å². The van der Waals surface area contributed by atoms with Gasteiger partial charge in [0.05, 0.1) is 36.7 Å². The Labute approximate surface area is 168 Å². The lowest BCUT2D eigenvalue weighted by Crippen LogP contribution is -2.42. The van der Waals surface area contributed by atoms with Gasteiger partial charge in [0.2, 0.25) is 0 Å². The molecular formula is C19H22Cl2N4O2. The smallest absolute Gasteiger partial charge is 0.254 e. The Morgan fingerprint density at radius 1 is 1.26 bits per heavy atom. The molecule has 8 heteroatoms. The Bertz CT molecular complexity index is 858. The van der Waals surface area contributed by atoms with Crippen LogP contribution >= 0.6 is 23.2 Å². The SMILES string of the molecule is Cc1cc(/C=N/NC(=O)CN2CCOCC2)c(C)n1-c1cc(Cl)ccc1Cl. The number of aromatic nitrogens is 1. The molecule has 27 heavy (non-hydrogen) atoms. The zero-order chi connectivity index (χ0) is 19.4. The van der Waals surface area contributed by atoms with Gasteiger partial charge in [-0.3, -0.25) is 9.69 Å². The fraction of sp³-hybridized carbons (Fsp3) is 0.368. The number of carbonyl (C=O) groups excluding carboxylic acids is 1. The number of aryl methyl sites for hydroxylation is 1. The highest BCUT2D eigenvalue weighted by Crippen LogP contribution is 2.28. The largest absolute Gasteiger partial charge is 0.379 e. The Balaban J connectivity index is 1.70. The number of amides is 1. The number of nitrogens with one attached hydrogen (secondary N) is 1. The van der Waals surface area contributed by atoms with Crippen molar-refractivity contribution >= 4 is 35.3 Å². The molecule has 0 spiro atoms. The van der Waals surface area contributed by atoms with Crippen molar-refractivity contribution < 1.29 is 9.53 Å². The summed E-state index contributed by atoms with van der Waals surface area (Å²) in [5.74, 6) is -0.139. The van der Waals surface area contributed by atoms with Crippen molar-refractivity contribution in [3.05, 3.63) is 51.3 Å². The lowest BCUT2D eigenvalue weighted by atomic mass is 10.2. The van der Waals surface area contributed by atoms with E-state index in [1.807, 2.05) is 35.4 Å². The van der Waals surface area contributed by atoms with Gasteiger partial charge in [0.15, 0.2) is 0 Å². The van der Waals surface area contributed by atoms with Gasteiger partial charge in [-0.2, -0.15) is 5.10 Å². The predicted molar refractivity (Wildman–Crippen MR) is 108 cm³/mol. The first kappa shape index (κ1) is 19.9. The summed E-state index contributed by atoms with van der Waals surface area (Å²) < 4.78 is 7.30. The molecule has 0 atom stereocenters. The van der Waals surface area contributed by atoms with Gasteiger partial charge in [0.1, 0.15) is 0 Å². The van der Waals surface area contributed by atoms with Gasteiger partial charge in [-0.1, -0.05) is 23.2 Å². The van der Waals surface area contributed by atoms with Gasteiger partial charge < -0.3 is 9.30 Å². The summed E-state index contributed by atoms with van der Waals surface area (Å²) in [5, 5.41) is 5.33. The lowest BCUT2D eigenvalue weighted by molar-refractivity contribution is -0.123. The van der Waals surface area contributed by atoms with Gasteiger partial charge in [0.25, 0.3) is 5.91 Å². The van der Waals surface area contributed by atoms with Crippen LogP contribution in [0.15, 0.2) is 29.4 Å². The normalized spacial score (nSPS) is 15.4. The summed E-state index contributed by atoms with van der Waals surface area (Å²) in [4.78, 5) is 14.1. The Hall–Kier alpha value is -1.86. The monoisotopic (exact) mass is 408 g/mol. The van der Waals surface area contributed by atoms with E-state index in [0.717, 1.165) is 35.7 Å².